The summed E-state index contributed by atoms with van der Waals surface area (Å²) in [7, 11) is 1.58. The lowest BCUT2D eigenvalue weighted by molar-refractivity contribution is -0.131. The zero-order valence-electron chi connectivity index (χ0n) is 13.4. The van der Waals surface area contributed by atoms with Gasteiger partial charge in [0.05, 0.1) is 12.3 Å². The molecule has 0 radical (unpaired) electrons. The lowest BCUT2D eigenvalue weighted by Crippen LogP contribution is -2.36. The van der Waals surface area contributed by atoms with Crippen LogP contribution in [-0.2, 0) is 15.3 Å². The molecule has 0 heterocycles. The van der Waals surface area contributed by atoms with Crippen LogP contribution in [0.15, 0.2) is 54.6 Å². The molecule has 2 aromatic rings. The Morgan fingerprint density at radius 2 is 1.88 bits per heavy atom. The number of anilines is 1. The van der Waals surface area contributed by atoms with Crippen molar-refractivity contribution >= 4 is 29.3 Å². The summed E-state index contributed by atoms with van der Waals surface area (Å²) in [6.07, 6.45) is 0. The van der Waals surface area contributed by atoms with Crippen LogP contribution >= 0.6 is 11.8 Å². The molecule has 0 fully saturated rings. The fraction of sp³-hybridized carbons (Fsp3) is 0.222. The standard InChI is InChI=1S/C18H19FN2O2S/c1-21(11-17(22)20-16-9-5-8-15(19)10-16)18(23)13-24-12-14-6-3-2-4-7-14/h2-10H,11-13H2,1H3,(H,20,22). The summed E-state index contributed by atoms with van der Waals surface area (Å²) in [6, 6.07) is 15.5. The average Bonchev–Trinajstić information content (AvgIpc) is 2.55. The van der Waals surface area contributed by atoms with E-state index in [2.05, 4.69) is 5.32 Å². The van der Waals surface area contributed by atoms with Crippen LogP contribution in [0.2, 0.25) is 0 Å². The minimum Gasteiger partial charge on any atom is -0.336 e. The molecule has 0 unspecified atom stereocenters. The van der Waals surface area contributed by atoms with E-state index in [4.69, 9.17) is 0 Å². The zero-order chi connectivity index (χ0) is 17.4. The summed E-state index contributed by atoms with van der Waals surface area (Å²) in [5, 5.41) is 2.57. The van der Waals surface area contributed by atoms with Gasteiger partial charge in [-0.2, -0.15) is 0 Å². The molecule has 0 aliphatic heterocycles. The highest BCUT2D eigenvalue weighted by Gasteiger charge is 2.13. The van der Waals surface area contributed by atoms with E-state index in [-0.39, 0.29) is 18.4 Å². The van der Waals surface area contributed by atoms with Gasteiger partial charge in [-0.3, -0.25) is 9.59 Å². The summed E-state index contributed by atoms with van der Waals surface area (Å²) in [5.74, 6) is 0.151. The van der Waals surface area contributed by atoms with Gasteiger partial charge in [0.15, 0.2) is 0 Å². The van der Waals surface area contributed by atoms with E-state index < -0.39 is 5.82 Å². The van der Waals surface area contributed by atoms with Crippen molar-refractivity contribution in [2.24, 2.45) is 0 Å². The molecule has 2 amide bonds. The number of likely N-dealkylation sites (N-methyl/N-ethyl adjacent to an activating group) is 1. The quantitative estimate of drug-likeness (QED) is 0.838. The smallest absolute Gasteiger partial charge is 0.243 e. The number of hydrogen-bond acceptors (Lipinski definition) is 3. The third-order valence-electron chi connectivity index (χ3n) is 3.25. The van der Waals surface area contributed by atoms with Crippen LogP contribution in [-0.4, -0.2) is 36.1 Å². The third kappa shape index (κ3) is 6.04. The van der Waals surface area contributed by atoms with Crippen molar-refractivity contribution in [1.29, 1.82) is 0 Å². The predicted octanol–water partition coefficient (Wildman–Crippen LogP) is 3.16. The number of carbonyl (C=O) groups excluding carboxylic acids is 2. The largest absolute Gasteiger partial charge is 0.336 e. The van der Waals surface area contributed by atoms with Gasteiger partial charge in [-0.05, 0) is 23.8 Å². The van der Waals surface area contributed by atoms with E-state index in [0.29, 0.717) is 11.4 Å². The Labute approximate surface area is 145 Å². The normalized spacial score (nSPS) is 10.2. The van der Waals surface area contributed by atoms with Gasteiger partial charge < -0.3 is 10.2 Å². The van der Waals surface area contributed by atoms with Crippen molar-refractivity contribution in [3.05, 3.63) is 66.0 Å². The summed E-state index contributed by atoms with van der Waals surface area (Å²) >= 11 is 1.50. The highest BCUT2D eigenvalue weighted by Crippen LogP contribution is 2.12. The van der Waals surface area contributed by atoms with Crippen LogP contribution in [0.3, 0.4) is 0 Å². The van der Waals surface area contributed by atoms with E-state index in [0.717, 1.165) is 11.3 Å². The van der Waals surface area contributed by atoms with Gasteiger partial charge in [0.2, 0.25) is 11.8 Å². The first-order valence-corrected chi connectivity index (χ1v) is 8.61. The average molecular weight is 346 g/mol. The van der Waals surface area contributed by atoms with Gasteiger partial charge in [-0.15, -0.1) is 11.8 Å². The van der Waals surface area contributed by atoms with Crippen molar-refractivity contribution < 1.29 is 14.0 Å². The van der Waals surface area contributed by atoms with Crippen molar-refractivity contribution in [2.75, 3.05) is 24.7 Å². The summed E-state index contributed by atoms with van der Waals surface area (Å²) in [5.41, 5.74) is 1.53. The fourth-order valence-corrected chi connectivity index (χ4v) is 2.94. The van der Waals surface area contributed by atoms with Gasteiger partial charge >= 0.3 is 0 Å². The number of nitrogens with one attached hydrogen (secondary N) is 1. The molecule has 0 saturated heterocycles. The molecule has 0 aromatic heterocycles. The second kappa shape index (κ2) is 9.08. The minimum absolute atomic E-state index is 0.0682. The van der Waals surface area contributed by atoms with E-state index in [9.17, 15) is 14.0 Å². The Bertz CT molecular complexity index is 694. The number of amides is 2. The van der Waals surface area contributed by atoms with Gasteiger partial charge in [0.1, 0.15) is 5.82 Å². The molecule has 4 nitrogen and oxygen atoms in total. The molecule has 0 bridgehead atoms. The van der Waals surface area contributed by atoms with E-state index in [1.807, 2.05) is 30.3 Å². The van der Waals surface area contributed by atoms with Crippen LogP contribution in [0, 0.1) is 5.82 Å². The first-order valence-electron chi connectivity index (χ1n) is 7.45. The zero-order valence-corrected chi connectivity index (χ0v) is 14.2. The number of thioether (sulfide) groups is 1. The molecular weight excluding hydrogens is 327 g/mol. The van der Waals surface area contributed by atoms with Crippen molar-refractivity contribution in [1.82, 2.24) is 4.90 Å². The second-order valence-electron chi connectivity index (χ2n) is 5.29. The third-order valence-corrected chi connectivity index (χ3v) is 4.24. The van der Waals surface area contributed by atoms with Crippen LogP contribution in [0.4, 0.5) is 10.1 Å². The maximum absolute atomic E-state index is 13.1. The molecule has 0 saturated carbocycles. The van der Waals surface area contributed by atoms with Crippen LogP contribution in [0.5, 0.6) is 0 Å². The van der Waals surface area contributed by atoms with Crippen LogP contribution in [0.1, 0.15) is 5.56 Å². The van der Waals surface area contributed by atoms with Crippen molar-refractivity contribution in [2.45, 2.75) is 5.75 Å². The number of nitrogens with zero attached hydrogens (tertiary/aromatic N) is 1. The first-order chi connectivity index (χ1) is 11.5. The number of benzene rings is 2. The summed E-state index contributed by atoms with van der Waals surface area (Å²) < 4.78 is 13.1. The molecular formula is C18H19FN2O2S. The molecule has 0 aliphatic carbocycles. The topological polar surface area (TPSA) is 49.4 Å². The Kier molecular flexibility index (Phi) is 6.81. The molecule has 126 valence electrons. The number of hydrogen-bond donors (Lipinski definition) is 1. The van der Waals surface area contributed by atoms with Crippen LogP contribution < -0.4 is 5.32 Å². The lowest BCUT2D eigenvalue weighted by Gasteiger charge is -2.16. The van der Waals surface area contributed by atoms with Crippen molar-refractivity contribution in [3.8, 4) is 0 Å². The monoisotopic (exact) mass is 346 g/mol. The van der Waals surface area contributed by atoms with E-state index in [1.165, 1.54) is 34.9 Å². The Morgan fingerprint density at radius 1 is 1.12 bits per heavy atom. The number of halogens is 1. The molecule has 24 heavy (non-hydrogen) atoms. The second-order valence-corrected chi connectivity index (χ2v) is 6.27. The predicted molar refractivity (Wildman–Crippen MR) is 95.3 cm³/mol. The van der Waals surface area contributed by atoms with Gasteiger partial charge in [0, 0.05) is 18.5 Å². The Morgan fingerprint density at radius 3 is 2.58 bits per heavy atom. The molecule has 0 spiro atoms. The van der Waals surface area contributed by atoms with Crippen molar-refractivity contribution in [3.63, 3.8) is 0 Å². The Balaban J connectivity index is 1.73. The fourth-order valence-electron chi connectivity index (χ4n) is 2.01. The van der Waals surface area contributed by atoms with Gasteiger partial charge in [0.25, 0.3) is 0 Å². The molecule has 6 heteroatoms. The minimum atomic E-state index is -0.422. The highest BCUT2D eigenvalue weighted by molar-refractivity contribution is 7.99. The van der Waals surface area contributed by atoms with E-state index >= 15 is 0 Å². The van der Waals surface area contributed by atoms with Crippen LogP contribution in [0.25, 0.3) is 0 Å². The van der Waals surface area contributed by atoms with Gasteiger partial charge in [-0.1, -0.05) is 36.4 Å². The maximum atomic E-state index is 13.1. The Hall–Kier alpha value is -2.34. The molecule has 0 aliphatic rings. The number of rotatable bonds is 7. The molecule has 1 N–H and O–H groups in total. The summed E-state index contributed by atoms with van der Waals surface area (Å²) in [4.78, 5) is 25.3. The lowest BCUT2D eigenvalue weighted by atomic mass is 10.2. The SMILES string of the molecule is CN(CC(=O)Nc1cccc(F)c1)C(=O)CSCc1ccccc1. The molecule has 0 atom stereocenters. The van der Waals surface area contributed by atoms with E-state index in [1.54, 1.807) is 13.1 Å². The molecule has 2 aromatic carbocycles. The maximum Gasteiger partial charge on any atom is 0.243 e. The van der Waals surface area contributed by atoms with Gasteiger partial charge in [-0.25, -0.2) is 4.39 Å². The number of carbonyl (C=O) groups is 2. The summed E-state index contributed by atoms with van der Waals surface area (Å²) in [6.45, 7) is -0.0682. The highest BCUT2D eigenvalue weighted by atomic mass is 32.2. The molecule has 2 rings (SSSR count). The first kappa shape index (κ1) is 18.0.